The summed E-state index contributed by atoms with van der Waals surface area (Å²) in [6.45, 7) is 1.93. The average molecular weight is 308 g/mol. The molecular weight excluding hydrogens is 292 g/mol. The number of benzene rings is 1. The number of nitrogens with zero attached hydrogens (tertiary/aromatic N) is 1. The smallest absolute Gasteiger partial charge is 0.381 e. The molecule has 0 aliphatic carbocycles. The van der Waals surface area contributed by atoms with Crippen LogP contribution in [0.4, 0.5) is 17.6 Å². The molecule has 0 saturated carbocycles. The summed E-state index contributed by atoms with van der Waals surface area (Å²) in [5.74, 6) is -0.966. The second-order valence-electron chi connectivity index (χ2n) is 4.32. The van der Waals surface area contributed by atoms with Crippen molar-refractivity contribution in [3.63, 3.8) is 0 Å². The van der Waals surface area contributed by atoms with Crippen LogP contribution in [0.3, 0.4) is 0 Å². The van der Waals surface area contributed by atoms with Crippen molar-refractivity contribution in [2.75, 3.05) is 20.3 Å². The van der Waals surface area contributed by atoms with Crippen molar-refractivity contribution >= 4 is 6.41 Å². The normalized spacial score (nSPS) is 13.8. The molecule has 0 bridgehead atoms. The highest BCUT2D eigenvalue weighted by Crippen LogP contribution is 2.30. The minimum Gasteiger partial charge on any atom is -0.381 e. The molecule has 0 unspecified atom stereocenters. The molecule has 1 aliphatic heterocycles. The number of alkyl halides is 3. The van der Waals surface area contributed by atoms with Crippen molar-refractivity contribution in [1.82, 2.24) is 10.4 Å². The Bertz CT molecular complexity index is 458. The number of amides is 1. The molecule has 118 valence electrons. The Kier molecular flexibility index (Phi) is 6.57. The van der Waals surface area contributed by atoms with Crippen molar-refractivity contribution in [2.24, 2.45) is 0 Å². The lowest BCUT2D eigenvalue weighted by Crippen LogP contribution is -2.32. The van der Waals surface area contributed by atoms with E-state index in [4.69, 9.17) is 4.74 Å². The number of ether oxygens (including phenoxy) is 1. The lowest BCUT2D eigenvalue weighted by Gasteiger charge is -2.13. The summed E-state index contributed by atoms with van der Waals surface area (Å²) in [6.07, 6.45) is -2.83. The van der Waals surface area contributed by atoms with Crippen molar-refractivity contribution in [1.29, 1.82) is 0 Å². The minimum atomic E-state index is -4.56. The highest BCUT2D eigenvalue weighted by Gasteiger charge is 2.31. The summed E-state index contributed by atoms with van der Waals surface area (Å²) in [6, 6.07) is 2.25. The molecule has 1 N–H and O–H groups in total. The number of hydrogen-bond acceptors (Lipinski definition) is 3. The Morgan fingerprint density at radius 2 is 1.95 bits per heavy atom. The molecule has 0 spiro atoms. The zero-order chi connectivity index (χ0) is 15.9. The third-order valence-corrected chi connectivity index (χ3v) is 2.63. The van der Waals surface area contributed by atoms with Crippen molar-refractivity contribution in [3.05, 3.63) is 35.1 Å². The standard InChI is InChI=1S/C10H10F4N2O.C3H6O/c1-16(6-17)15-5-7-2-3-8(4-9(7)11)10(12,13)14;1-2-4-3-1/h2-4,6,15H,5H2,1H3;1-3H2. The van der Waals surface area contributed by atoms with Gasteiger partial charge in [0.25, 0.3) is 0 Å². The Hall–Kier alpha value is -1.67. The van der Waals surface area contributed by atoms with Gasteiger partial charge in [0, 0.05) is 32.4 Å². The van der Waals surface area contributed by atoms with Crippen LogP contribution in [0, 0.1) is 5.82 Å². The molecule has 21 heavy (non-hydrogen) atoms. The van der Waals surface area contributed by atoms with Crippen LogP contribution in [0.15, 0.2) is 18.2 Å². The molecule has 1 aromatic carbocycles. The number of hydrazine groups is 1. The van der Waals surface area contributed by atoms with E-state index in [1.807, 2.05) is 0 Å². The number of hydrogen-bond donors (Lipinski definition) is 1. The first-order valence-electron chi connectivity index (χ1n) is 6.19. The van der Waals surface area contributed by atoms with Gasteiger partial charge < -0.3 is 4.74 Å². The number of carbonyl (C=O) groups is 1. The summed E-state index contributed by atoms with van der Waals surface area (Å²) in [7, 11) is 1.40. The SMILES string of the molecule is C1COC1.CN(C=O)NCc1ccc(C(F)(F)F)cc1F. The van der Waals surface area contributed by atoms with Gasteiger partial charge in [-0.3, -0.25) is 9.80 Å². The fraction of sp³-hybridized carbons (Fsp3) is 0.462. The molecule has 0 atom stereocenters. The summed E-state index contributed by atoms with van der Waals surface area (Å²) in [5.41, 5.74) is 1.50. The van der Waals surface area contributed by atoms with Gasteiger partial charge in [-0.25, -0.2) is 9.82 Å². The molecule has 1 aliphatic rings. The zero-order valence-corrected chi connectivity index (χ0v) is 11.4. The fourth-order valence-electron chi connectivity index (χ4n) is 1.26. The molecule has 0 aromatic heterocycles. The Balaban J connectivity index is 0.000000471. The molecule has 1 fully saturated rings. The van der Waals surface area contributed by atoms with Gasteiger partial charge in [-0.15, -0.1) is 0 Å². The van der Waals surface area contributed by atoms with Crippen LogP contribution >= 0.6 is 0 Å². The van der Waals surface area contributed by atoms with Crippen LogP contribution in [0.5, 0.6) is 0 Å². The largest absolute Gasteiger partial charge is 0.416 e. The monoisotopic (exact) mass is 308 g/mol. The van der Waals surface area contributed by atoms with Gasteiger partial charge in [-0.2, -0.15) is 13.2 Å². The highest BCUT2D eigenvalue weighted by atomic mass is 19.4. The molecule has 2 rings (SSSR count). The first kappa shape index (κ1) is 17.4. The quantitative estimate of drug-likeness (QED) is 0.527. The van der Waals surface area contributed by atoms with Gasteiger partial charge in [-0.05, 0) is 18.6 Å². The maximum absolute atomic E-state index is 13.3. The topological polar surface area (TPSA) is 41.6 Å². The van der Waals surface area contributed by atoms with Crippen LogP contribution in [-0.4, -0.2) is 31.7 Å². The predicted molar refractivity (Wildman–Crippen MR) is 67.5 cm³/mol. The van der Waals surface area contributed by atoms with E-state index < -0.39 is 17.6 Å². The molecule has 1 heterocycles. The highest BCUT2D eigenvalue weighted by molar-refractivity contribution is 5.45. The van der Waals surface area contributed by atoms with E-state index in [-0.39, 0.29) is 12.1 Å². The minimum absolute atomic E-state index is 0.0479. The first-order valence-corrected chi connectivity index (χ1v) is 6.19. The molecule has 1 saturated heterocycles. The Morgan fingerprint density at radius 3 is 2.33 bits per heavy atom. The van der Waals surface area contributed by atoms with Gasteiger partial charge in [-0.1, -0.05) is 6.07 Å². The summed E-state index contributed by atoms with van der Waals surface area (Å²) >= 11 is 0. The van der Waals surface area contributed by atoms with E-state index in [0.29, 0.717) is 12.5 Å². The van der Waals surface area contributed by atoms with E-state index >= 15 is 0 Å². The second-order valence-corrected chi connectivity index (χ2v) is 4.32. The van der Waals surface area contributed by atoms with E-state index in [1.54, 1.807) is 0 Å². The molecule has 1 aromatic rings. The molecule has 1 amide bonds. The molecule has 4 nitrogen and oxygen atoms in total. The van der Waals surface area contributed by atoms with Crippen LogP contribution in [0.25, 0.3) is 0 Å². The van der Waals surface area contributed by atoms with Gasteiger partial charge in [0.1, 0.15) is 5.82 Å². The van der Waals surface area contributed by atoms with Crippen LogP contribution < -0.4 is 5.43 Å². The maximum Gasteiger partial charge on any atom is 0.416 e. The van der Waals surface area contributed by atoms with Crippen LogP contribution in [-0.2, 0) is 22.3 Å². The average Bonchev–Trinajstić information content (AvgIpc) is 2.33. The fourth-order valence-corrected chi connectivity index (χ4v) is 1.26. The number of halogens is 4. The summed E-state index contributed by atoms with van der Waals surface area (Å²) in [5, 5.41) is 1.04. The van der Waals surface area contributed by atoms with Gasteiger partial charge >= 0.3 is 6.18 Å². The molecular formula is C13H16F4N2O2. The maximum atomic E-state index is 13.3. The lowest BCUT2D eigenvalue weighted by molar-refractivity contribution is -0.137. The van der Waals surface area contributed by atoms with Gasteiger partial charge in [0.15, 0.2) is 0 Å². The van der Waals surface area contributed by atoms with E-state index in [9.17, 15) is 22.4 Å². The van der Waals surface area contributed by atoms with Crippen molar-refractivity contribution in [3.8, 4) is 0 Å². The van der Waals surface area contributed by atoms with E-state index in [1.165, 1.54) is 13.5 Å². The van der Waals surface area contributed by atoms with Crippen LogP contribution in [0.1, 0.15) is 17.5 Å². The van der Waals surface area contributed by atoms with E-state index in [2.05, 4.69) is 5.43 Å². The van der Waals surface area contributed by atoms with Crippen molar-refractivity contribution in [2.45, 2.75) is 19.1 Å². The summed E-state index contributed by atoms with van der Waals surface area (Å²) < 4.78 is 54.7. The van der Waals surface area contributed by atoms with Crippen LogP contribution in [0.2, 0.25) is 0 Å². The Labute approximate surface area is 119 Å². The Morgan fingerprint density at radius 1 is 1.38 bits per heavy atom. The third-order valence-electron chi connectivity index (χ3n) is 2.63. The van der Waals surface area contributed by atoms with E-state index in [0.717, 1.165) is 30.4 Å². The molecule has 0 radical (unpaired) electrons. The second kappa shape index (κ2) is 7.94. The van der Waals surface area contributed by atoms with Crippen molar-refractivity contribution < 1.29 is 27.1 Å². The number of rotatable bonds is 4. The first-order chi connectivity index (χ1) is 9.84. The van der Waals surface area contributed by atoms with Gasteiger partial charge in [0.05, 0.1) is 5.56 Å². The summed E-state index contributed by atoms with van der Waals surface area (Å²) in [4.78, 5) is 10.2. The predicted octanol–water partition coefficient (Wildman–Crippen LogP) is 2.34. The third kappa shape index (κ3) is 6.09. The zero-order valence-electron chi connectivity index (χ0n) is 11.4. The molecule has 8 heteroatoms. The number of carbonyl (C=O) groups excluding carboxylic acids is 1. The lowest BCUT2D eigenvalue weighted by atomic mass is 10.1. The number of nitrogens with one attached hydrogen (secondary N) is 1. The van der Waals surface area contributed by atoms with Gasteiger partial charge in [0.2, 0.25) is 6.41 Å².